The minimum atomic E-state index is -2.81. The average molecular weight is 396 g/mol. The molecule has 1 heterocycles. The Labute approximate surface area is 163 Å². The fraction of sp³-hybridized carbons (Fsp3) is 0.714. The van der Waals surface area contributed by atoms with E-state index in [-0.39, 0.29) is 36.3 Å². The zero-order valence-electron chi connectivity index (χ0n) is 16.8. The quantitative estimate of drug-likeness (QED) is 0.775. The standard InChI is InChI=1S/C21H33NO4S/c1-14(2)19(12-23)22-27(25,17-9-7-15(3)8-10-17)13-21-11-5-6-18(21)20(24)16(4)26-21/h7-10,14,16,18-20,23-24H,5-6,11-13H2,1-4H3/t16-,18+,19-,20+,21-,27?/m0/s1. The molecule has 0 aromatic heterocycles. The lowest BCUT2D eigenvalue weighted by atomic mass is 9.90. The smallest absolute Gasteiger partial charge is 0.0868 e. The van der Waals surface area contributed by atoms with E-state index in [1.165, 1.54) is 0 Å². The van der Waals surface area contributed by atoms with Crippen molar-refractivity contribution in [2.45, 2.75) is 75.7 Å². The third kappa shape index (κ3) is 3.95. The summed E-state index contributed by atoms with van der Waals surface area (Å²) >= 11 is 0. The van der Waals surface area contributed by atoms with Crippen LogP contribution in [0.1, 0.15) is 45.6 Å². The number of hydrogen-bond acceptors (Lipinski definition) is 5. The van der Waals surface area contributed by atoms with Crippen LogP contribution in [0.2, 0.25) is 0 Å². The van der Waals surface area contributed by atoms with E-state index in [2.05, 4.69) is 0 Å². The van der Waals surface area contributed by atoms with Gasteiger partial charge in [-0.15, -0.1) is 0 Å². The fourth-order valence-electron chi connectivity index (χ4n) is 4.53. The Bertz CT molecular complexity index is 769. The van der Waals surface area contributed by atoms with E-state index in [0.29, 0.717) is 4.90 Å². The van der Waals surface area contributed by atoms with Crippen molar-refractivity contribution >= 4 is 9.73 Å². The molecule has 6 atom stereocenters. The molecule has 2 aliphatic rings. The lowest BCUT2D eigenvalue weighted by Crippen LogP contribution is -2.41. The summed E-state index contributed by atoms with van der Waals surface area (Å²) in [6.07, 6.45) is 1.88. The van der Waals surface area contributed by atoms with E-state index >= 15 is 0 Å². The fourth-order valence-corrected chi connectivity index (χ4v) is 7.29. The molecule has 1 aromatic rings. The van der Waals surface area contributed by atoms with Gasteiger partial charge in [-0.1, -0.05) is 38.0 Å². The van der Waals surface area contributed by atoms with Crippen molar-refractivity contribution in [1.29, 1.82) is 0 Å². The van der Waals surface area contributed by atoms with Crippen LogP contribution in [-0.2, 0) is 14.5 Å². The first-order valence-electron chi connectivity index (χ1n) is 9.98. The second-order valence-corrected chi connectivity index (χ2v) is 10.8. The molecule has 6 heteroatoms. The first-order valence-corrected chi connectivity index (χ1v) is 11.7. The topological polar surface area (TPSA) is 79.1 Å². The van der Waals surface area contributed by atoms with Crippen LogP contribution in [0.25, 0.3) is 0 Å². The van der Waals surface area contributed by atoms with Crippen LogP contribution in [0, 0.1) is 18.8 Å². The zero-order chi connectivity index (χ0) is 19.8. The summed E-state index contributed by atoms with van der Waals surface area (Å²) in [6.45, 7) is 7.72. The van der Waals surface area contributed by atoms with Gasteiger partial charge in [-0.3, -0.25) is 0 Å². The highest BCUT2D eigenvalue weighted by molar-refractivity contribution is 7.93. The van der Waals surface area contributed by atoms with Crippen LogP contribution in [-0.4, -0.2) is 50.6 Å². The number of nitrogens with zero attached hydrogens (tertiary/aromatic N) is 1. The predicted molar refractivity (Wildman–Crippen MR) is 107 cm³/mol. The van der Waals surface area contributed by atoms with Crippen molar-refractivity contribution in [1.82, 2.24) is 0 Å². The van der Waals surface area contributed by atoms with Gasteiger partial charge in [-0.05, 0) is 44.7 Å². The van der Waals surface area contributed by atoms with Gasteiger partial charge in [-0.2, -0.15) is 0 Å². The monoisotopic (exact) mass is 395 g/mol. The molecule has 0 radical (unpaired) electrons. The van der Waals surface area contributed by atoms with Gasteiger partial charge in [0, 0.05) is 10.8 Å². The minimum absolute atomic E-state index is 0.000555. The number of aryl methyl sites for hydroxylation is 1. The second-order valence-electron chi connectivity index (χ2n) is 8.57. The second kappa shape index (κ2) is 7.82. The van der Waals surface area contributed by atoms with E-state index in [1.807, 2.05) is 52.0 Å². The molecule has 1 saturated heterocycles. The molecule has 1 saturated carbocycles. The third-order valence-corrected chi connectivity index (χ3v) is 8.70. The molecule has 2 N–H and O–H groups in total. The lowest BCUT2D eigenvalue weighted by Gasteiger charge is -2.31. The maximum absolute atomic E-state index is 14.2. The summed E-state index contributed by atoms with van der Waals surface area (Å²) < 4.78 is 25.2. The van der Waals surface area contributed by atoms with E-state index in [9.17, 15) is 14.4 Å². The van der Waals surface area contributed by atoms with Crippen LogP contribution in [0.15, 0.2) is 33.5 Å². The SMILES string of the molecule is Cc1ccc(S(=O)(C[C@@]23CCC[C@@H]2[C@H](O)[C@H](C)O3)=N[C@@H](CO)C(C)C)cc1. The summed E-state index contributed by atoms with van der Waals surface area (Å²) in [4.78, 5) is 0.685. The van der Waals surface area contributed by atoms with Gasteiger partial charge in [0.2, 0.25) is 0 Å². The Morgan fingerprint density at radius 1 is 1.33 bits per heavy atom. The van der Waals surface area contributed by atoms with Crippen LogP contribution >= 0.6 is 0 Å². The van der Waals surface area contributed by atoms with Crippen LogP contribution in [0.3, 0.4) is 0 Å². The highest BCUT2D eigenvalue weighted by atomic mass is 32.2. The molecule has 0 amide bonds. The van der Waals surface area contributed by atoms with Gasteiger partial charge < -0.3 is 14.9 Å². The Kier molecular flexibility index (Phi) is 6.02. The first kappa shape index (κ1) is 20.8. The normalized spacial score (nSPS) is 33.7. The number of aliphatic hydroxyl groups excluding tert-OH is 2. The summed E-state index contributed by atoms with van der Waals surface area (Å²) in [5, 5.41) is 20.4. The van der Waals surface area contributed by atoms with E-state index in [0.717, 1.165) is 24.8 Å². The Balaban J connectivity index is 2.07. The number of hydrogen-bond donors (Lipinski definition) is 2. The van der Waals surface area contributed by atoms with Crippen molar-refractivity contribution < 1.29 is 19.2 Å². The molecular weight excluding hydrogens is 362 g/mol. The maximum Gasteiger partial charge on any atom is 0.0868 e. The largest absolute Gasteiger partial charge is 0.394 e. The van der Waals surface area contributed by atoms with Crippen molar-refractivity contribution in [3.63, 3.8) is 0 Å². The van der Waals surface area contributed by atoms with E-state index < -0.39 is 21.4 Å². The average Bonchev–Trinajstić information content (AvgIpc) is 3.10. The molecule has 1 aliphatic heterocycles. The van der Waals surface area contributed by atoms with Crippen molar-refractivity contribution in [3.8, 4) is 0 Å². The summed E-state index contributed by atoms with van der Waals surface area (Å²) in [6, 6.07) is 7.27. The van der Waals surface area contributed by atoms with Crippen LogP contribution < -0.4 is 0 Å². The molecule has 0 spiro atoms. The Hall–Kier alpha value is -0.950. The lowest BCUT2D eigenvalue weighted by molar-refractivity contribution is -0.0335. The van der Waals surface area contributed by atoms with E-state index in [1.54, 1.807) is 0 Å². The molecule has 27 heavy (non-hydrogen) atoms. The van der Waals surface area contributed by atoms with Gasteiger partial charge >= 0.3 is 0 Å². The third-order valence-electron chi connectivity index (χ3n) is 6.20. The molecule has 1 aliphatic carbocycles. The van der Waals surface area contributed by atoms with Gasteiger partial charge in [-0.25, -0.2) is 8.57 Å². The number of benzene rings is 1. The molecular formula is C21H33NO4S. The highest BCUT2D eigenvalue weighted by Crippen LogP contribution is 2.49. The minimum Gasteiger partial charge on any atom is -0.394 e. The molecule has 152 valence electrons. The summed E-state index contributed by atoms with van der Waals surface area (Å²) in [5.74, 6) is 0.367. The molecule has 0 bridgehead atoms. The van der Waals surface area contributed by atoms with Crippen molar-refractivity contribution in [3.05, 3.63) is 29.8 Å². The van der Waals surface area contributed by atoms with E-state index in [4.69, 9.17) is 9.10 Å². The van der Waals surface area contributed by atoms with Crippen LogP contribution in [0.5, 0.6) is 0 Å². The van der Waals surface area contributed by atoms with Gasteiger partial charge in [0.1, 0.15) is 0 Å². The molecule has 2 fully saturated rings. The molecule has 1 unspecified atom stereocenters. The first-order chi connectivity index (χ1) is 12.7. The summed E-state index contributed by atoms with van der Waals surface area (Å²) in [7, 11) is -2.81. The number of fused-ring (bicyclic) bond motifs is 1. The predicted octanol–water partition coefficient (Wildman–Crippen LogP) is 3.16. The molecule has 5 nitrogen and oxygen atoms in total. The Morgan fingerprint density at radius 2 is 2.00 bits per heavy atom. The molecule has 3 rings (SSSR count). The maximum atomic E-state index is 14.2. The van der Waals surface area contributed by atoms with Gasteiger partial charge in [0.25, 0.3) is 0 Å². The van der Waals surface area contributed by atoms with Gasteiger partial charge in [0.05, 0.1) is 45.9 Å². The number of aliphatic hydroxyl groups is 2. The summed E-state index contributed by atoms with van der Waals surface area (Å²) in [5.41, 5.74) is 0.502. The van der Waals surface area contributed by atoms with Crippen molar-refractivity contribution in [2.24, 2.45) is 16.2 Å². The zero-order valence-corrected chi connectivity index (χ0v) is 17.6. The van der Waals surface area contributed by atoms with Crippen molar-refractivity contribution in [2.75, 3.05) is 12.4 Å². The Morgan fingerprint density at radius 3 is 2.59 bits per heavy atom. The number of rotatable bonds is 6. The van der Waals surface area contributed by atoms with Crippen LogP contribution in [0.4, 0.5) is 0 Å². The molecule has 1 aromatic carbocycles. The van der Waals surface area contributed by atoms with Gasteiger partial charge in [0.15, 0.2) is 0 Å². The highest BCUT2D eigenvalue weighted by Gasteiger charge is 2.56. The number of ether oxygens (including phenoxy) is 1.